The molecule has 0 heterocycles. The van der Waals surface area contributed by atoms with Crippen molar-refractivity contribution in [1.29, 1.82) is 0 Å². The smallest absolute Gasteiger partial charge is 0.334 e. The van der Waals surface area contributed by atoms with Gasteiger partial charge < -0.3 is 10.0 Å². The molecule has 0 saturated heterocycles. The first kappa shape index (κ1) is 13.2. The predicted octanol–water partition coefficient (Wildman–Crippen LogP) is 1.85. The Bertz CT molecular complexity index is 416. The quantitative estimate of drug-likeness (QED) is 0.866. The summed E-state index contributed by atoms with van der Waals surface area (Å²) in [7, 11) is 0. The van der Waals surface area contributed by atoms with Gasteiger partial charge in [-0.2, -0.15) is 0 Å². The molecule has 0 spiro atoms. The van der Waals surface area contributed by atoms with Crippen LogP contribution in [0, 0.1) is 0 Å². The molecule has 0 aromatic heterocycles. The second kappa shape index (κ2) is 4.99. The van der Waals surface area contributed by atoms with Crippen LogP contribution in [-0.2, 0) is 15.1 Å². The van der Waals surface area contributed by atoms with Crippen molar-refractivity contribution in [3.05, 3.63) is 35.9 Å². The van der Waals surface area contributed by atoms with Gasteiger partial charge in [0.15, 0.2) is 5.54 Å². The van der Waals surface area contributed by atoms with Crippen LogP contribution in [-0.4, -0.2) is 28.4 Å². The average molecular weight is 235 g/mol. The Hall–Kier alpha value is -1.84. The Labute approximate surface area is 101 Å². The number of carboxylic acids is 1. The second-order valence-corrected chi connectivity index (χ2v) is 4.01. The first-order valence-electron chi connectivity index (χ1n) is 5.51. The lowest BCUT2D eigenvalue weighted by Crippen LogP contribution is -2.51. The summed E-state index contributed by atoms with van der Waals surface area (Å²) in [5.41, 5.74) is -0.716. The first-order valence-corrected chi connectivity index (χ1v) is 5.51. The molecule has 92 valence electrons. The molecule has 1 unspecified atom stereocenters. The zero-order chi connectivity index (χ0) is 13.1. The largest absolute Gasteiger partial charge is 0.479 e. The van der Waals surface area contributed by atoms with Gasteiger partial charge in [-0.25, -0.2) is 4.79 Å². The summed E-state index contributed by atoms with van der Waals surface area (Å²) in [6.07, 6.45) is 0. The Morgan fingerprint density at radius 2 is 1.82 bits per heavy atom. The number of aliphatic carboxylic acids is 1. The standard InChI is InChI=1S/C13H17NO3/c1-4-14(10(2)15)13(3,12(16)17)11-8-6-5-7-9-11/h5-9H,4H2,1-3H3,(H,16,17). The fraction of sp³-hybridized carbons (Fsp3) is 0.385. The second-order valence-electron chi connectivity index (χ2n) is 4.01. The van der Waals surface area contributed by atoms with Crippen molar-refractivity contribution in [2.24, 2.45) is 0 Å². The molecule has 0 aliphatic carbocycles. The Morgan fingerprint density at radius 3 is 2.18 bits per heavy atom. The van der Waals surface area contributed by atoms with E-state index in [1.54, 1.807) is 38.1 Å². The molecule has 17 heavy (non-hydrogen) atoms. The van der Waals surface area contributed by atoms with Gasteiger partial charge in [-0.15, -0.1) is 0 Å². The molecule has 1 atom stereocenters. The number of carboxylic acid groups (broad SMARTS) is 1. The molecule has 1 amide bonds. The number of hydrogen-bond acceptors (Lipinski definition) is 2. The molecule has 4 heteroatoms. The summed E-state index contributed by atoms with van der Waals surface area (Å²) in [5, 5.41) is 9.44. The van der Waals surface area contributed by atoms with E-state index >= 15 is 0 Å². The summed E-state index contributed by atoms with van der Waals surface area (Å²) in [6, 6.07) is 8.80. The van der Waals surface area contributed by atoms with E-state index in [0.29, 0.717) is 12.1 Å². The number of hydrogen-bond donors (Lipinski definition) is 1. The molecule has 0 saturated carbocycles. The predicted molar refractivity (Wildman–Crippen MR) is 64.5 cm³/mol. The highest BCUT2D eigenvalue weighted by atomic mass is 16.4. The van der Waals surface area contributed by atoms with E-state index < -0.39 is 11.5 Å². The van der Waals surface area contributed by atoms with E-state index in [1.807, 2.05) is 6.07 Å². The highest BCUT2D eigenvalue weighted by Gasteiger charge is 2.42. The molecule has 1 aromatic rings. The number of carbonyl (C=O) groups excluding carboxylic acids is 1. The topological polar surface area (TPSA) is 57.6 Å². The minimum absolute atomic E-state index is 0.249. The van der Waals surface area contributed by atoms with Gasteiger partial charge in [-0.05, 0) is 19.4 Å². The number of nitrogens with zero attached hydrogens (tertiary/aromatic N) is 1. The van der Waals surface area contributed by atoms with Gasteiger partial charge in [0.1, 0.15) is 0 Å². The molecule has 0 fully saturated rings. The maximum Gasteiger partial charge on any atom is 0.334 e. The van der Waals surface area contributed by atoms with Crippen LogP contribution in [0.5, 0.6) is 0 Å². The third-order valence-corrected chi connectivity index (χ3v) is 2.99. The Balaban J connectivity index is 3.32. The first-order chi connectivity index (χ1) is 7.94. The van der Waals surface area contributed by atoms with Crippen molar-refractivity contribution >= 4 is 11.9 Å². The van der Waals surface area contributed by atoms with Crippen molar-refractivity contribution in [1.82, 2.24) is 4.90 Å². The van der Waals surface area contributed by atoms with Gasteiger partial charge in [0.25, 0.3) is 0 Å². The zero-order valence-electron chi connectivity index (χ0n) is 10.3. The van der Waals surface area contributed by atoms with E-state index in [9.17, 15) is 14.7 Å². The van der Waals surface area contributed by atoms with E-state index in [2.05, 4.69) is 0 Å². The minimum atomic E-state index is -1.32. The SMILES string of the molecule is CCN(C(C)=O)C(C)(C(=O)O)c1ccccc1. The molecule has 1 rings (SSSR count). The maximum absolute atomic E-state index is 11.6. The van der Waals surface area contributed by atoms with Crippen LogP contribution in [0.25, 0.3) is 0 Å². The lowest BCUT2D eigenvalue weighted by atomic mass is 9.90. The van der Waals surface area contributed by atoms with Crippen molar-refractivity contribution in [2.45, 2.75) is 26.3 Å². The third kappa shape index (κ3) is 2.30. The number of carbonyl (C=O) groups is 2. The Morgan fingerprint density at radius 1 is 1.29 bits per heavy atom. The minimum Gasteiger partial charge on any atom is -0.479 e. The maximum atomic E-state index is 11.6. The van der Waals surface area contributed by atoms with Gasteiger partial charge in [0.05, 0.1) is 0 Å². The highest BCUT2D eigenvalue weighted by molar-refractivity contribution is 5.87. The van der Waals surface area contributed by atoms with Gasteiger partial charge in [0.2, 0.25) is 5.91 Å². The van der Waals surface area contributed by atoms with Crippen molar-refractivity contribution < 1.29 is 14.7 Å². The van der Waals surface area contributed by atoms with Crippen LogP contribution < -0.4 is 0 Å². The van der Waals surface area contributed by atoms with Crippen LogP contribution >= 0.6 is 0 Å². The summed E-state index contributed by atoms with van der Waals surface area (Å²) in [4.78, 5) is 24.4. The van der Waals surface area contributed by atoms with Gasteiger partial charge in [0, 0.05) is 13.5 Å². The molecule has 1 aromatic carbocycles. The lowest BCUT2D eigenvalue weighted by Gasteiger charge is -2.37. The molecular weight excluding hydrogens is 218 g/mol. The molecule has 0 bridgehead atoms. The van der Waals surface area contributed by atoms with Crippen molar-refractivity contribution in [3.8, 4) is 0 Å². The van der Waals surface area contributed by atoms with E-state index in [1.165, 1.54) is 11.8 Å². The van der Waals surface area contributed by atoms with Gasteiger partial charge in [-0.3, -0.25) is 4.79 Å². The molecular formula is C13H17NO3. The Kier molecular flexibility index (Phi) is 3.89. The average Bonchev–Trinajstić information content (AvgIpc) is 2.30. The normalized spacial score (nSPS) is 13.8. The summed E-state index contributed by atoms with van der Waals surface area (Å²) in [6.45, 7) is 5.06. The van der Waals surface area contributed by atoms with E-state index in [-0.39, 0.29) is 5.91 Å². The summed E-state index contributed by atoms with van der Waals surface area (Å²) < 4.78 is 0. The third-order valence-electron chi connectivity index (χ3n) is 2.99. The van der Waals surface area contributed by atoms with Crippen LogP contribution in [0.1, 0.15) is 26.3 Å². The molecule has 1 N–H and O–H groups in total. The van der Waals surface area contributed by atoms with Crippen LogP contribution in [0.4, 0.5) is 0 Å². The molecule has 0 radical (unpaired) electrons. The fourth-order valence-corrected chi connectivity index (χ4v) is 2.01. The van der Waals surface area contributed by atoms with Crippen LogP contribution in [0.15, 0.2) is 30.3 Å². The zero-order valence-corrected chi connectivity index (χ0v) is 10.3. The van der Waals surface area contributed by atoms with E-state index in [4.69, 9.17) is 0 Å². The van der Waals surface area contributed by atoms with E-state index in [0.717, 1.165) is 0 Å². The molecule has 4 nitrogen and oxygen atoms in total. The lowest BCUT2D eigenvalue weighted by molar-refractivity contribution is -0.158. The monoisotopic (exact) mass is 235 g/mol. The number of likely N-dealkylation sites (N-methyl/N-ethyl adjacent to an activating group) is 1. The number of amides is 1. The summed E-state index contributed by atoms with van der Waals surface area (Å²) >= 11 is 0. The van der Waals surface area contributed by atoms with Crippen LogP contribution in [0.3, 0.4) is 0 Å². The highest BCUT2D eigenvalue weighted by Crippen LogP contribution is 2.28. The van der Waals surface area contributed by atoms with Gasteiger partial charge in [-0.1, -0.05) is 30.3 Å². The molecule has 0 aliphatic heterocycles. The van der Waals surface area contributed by atoms with Gasteiger partial charge >= 0.3 is 5.97 Å². The fourth-order valence-electron chi connectivity index (χ4n) is 2.01. The number of benzene rings is 1. The van der Waals surface area contributed by atoms with Crippen LogP contribution in [0.2, 0.25) is 0 Å². The summed E-state index contributed by atoms with van der Waals surface area (Å²) in [5.74, 6) is -1.28. The molecule has 0 aliphatic rings. The van der Waals surface area contributed by atoms with Crippen molar-refractivity contribution in [2.75, 3.05) is 6.54 Å². The van der Waals surface area contributed by atoms with Crippen molar-refractivity contribution in [3.63, 3.8) is 0 Å². The number of rotatable bonds is 4.